The second-order valence-electron chi connectivity index (χ2n) is 1.26. The van der Waals surface area contributed by atoms with Crippen molar-refractivity contribution in [2.45, 2.75) is 12.6 Å². The first-order valence-electron chi connectivity index (χ1n) is 1.77. The molecule has 0 saturated heterocycles. The molecule has 0 radical (unpaired) electrons. The maximum Gasteiger partial charge on any atom is 0.397 e. The number of hydrogen-bond donors (Lipinski definition) is 1. The summed E-state index contributed by atoms with van der Waals surface area (Å²) in [5.74, 6) is -1.35. The Labute approximate surface area is 60.0 Å². The van der Waals surface area contributed by atoms with Gasteiger partial charge in [-0.05, 0) is 0 Å². The van der Waals surface area contributed by atoms with Crippen LogP contribution >= 0.6 is 17.0 Å². The van der Waals surface area contributed by atoms with Gasteiger partial charge in [0.05, 0.1) is 0 Å². The second-order valence-corrected chi connectivity index (χ2v) is 1.26. The molecule has 0 aliphatic heterocycles. The van der Waals surface area contributed by atoms with Crippen LogP contribution < -0.4 is 5.73 Å². The minimum absolute atomic E-state index is 0. The van der Waals surface area contributed by atoms with Crippen molar-refractivity contribution in [3.8, 4) is 0 Å². The average molecular weight is 208 g/mol. The highest BCUT2D eigenvalue weighted by Gasteiger charge is 2.29. The number of primary amides is 1. The molecular weight excluding hydrogens is 203 g/mol. The van der Waals surface area contributed by atoms with Crippen molar-refractivity contribution in [2.75, 3.05) is 0 Å². The maximum absolute atomic E-state index is 11.0. The van der Waals surface area contributed by atoms with Gasteiger partial charge in [-0.1, -0.05) is 0 Å². The number of amides is 1. The Balaban J connectivity index is 0. The highest BCUT2D eigenvalue weighted by Crippen LogP contribution is 2.17. The first kappa shape index (κ1) is 11.5. The number of carbonyl (C=O) groups is 1. The first-order chi connectivity index (χ1) is 3.42. The monoisotopic (exact) mass is 207 g/mol. The number of halogens is 4. The minimum atomic E-state index is -4.45. The van der Waals surface area contributed by atoms with E-state index in [4.69, 9.17) is 0 Å². The third-order valence-corrected chi connectivity index (χ3v) is 0.375. The van der Waals surface area contributed by atoms with E-state index in [0.717, 1.165) is 0 Å². The highest BCUT2D eigenvalue weighted by molar-refractivity contribution is 8.93. The van der Waals surface area contributed by atoms with Crippen LogP contribution in [0.2, 0.25) is 0 Å². The zero-order valence-corrected chi connectivity index (χ0v) is 5.95. The van der Waals surface area contributed by atoms with Gasteiger partial charge in [-0.25, -0.2) is 0 Å². The summed E-state index contributed by atoms with van der Waals surface area (Å²) in [4.78, 5) is 9.52. The van der Waals surface area contributed by atoms with Crippen molar-refractivity contribution >= 4 is 22.9 Å². The summed E-state index contributed by atoms with van der Waals surface area (Å²) in [6.45, 7) is 0. The van der Waals surface area contributed by atoms with E-state index in [1.54, 1.807) is 0 Å². The lowest BCUT2D eigenvalue weighted by atomic mass is 10.4. The molecule has 9 heavy (non-hydrogen) atoms. The molecule has 1 amide bonds. The third-order valence-electron chi connectivity index (χ3n) is 0.375. The van der Waals surface area contributed by atoms with Gasteiger partial charge in [-0.3, -0.25) is 4.79 Å². The summed E-state index contributed by atoms with van der Waals surface area (Å²) in [7, 11) is 0. The van der Waals surface area contributed by atoms with Crippen molar-refractivity contribution in [3.05, 3.63) is 0 Å². The van der Waals surface area contributed by atoms with Gasteiger partial charge in [0.25, 0.3) is 0 Å². The van der Waals surface area contributed by atoms with Crippen LogP contribution in [0.4, 0.5) is 13.2 Å². The zero-order chi connectivity index (χ0) is 6.78. The lowest BCUT2D eigenvalue weighted by Crippen LogP contribution is -2.21. The van der Waals surface area contributed by atoms with Crippen molar-refractivity contribution in [1.82, 2.24) is 0 Å². The van der Waals surface area contributed by atoms with Crippen molar-refractivity contribution in [1.29, 1.82) is 0 Å². The van der Waals surface area contributed by atoms with Gasteiger partial charge in [-0.2, -0.15) is 13.2 Å². The van der Waals surface area contributed by atoms with Crippen LogP contribution in [0.3, 0.4) is 0 Å². The number of nitrogens with two attached hydrogens (primary N) is 1. The van der Waals surface area contributed by atoms with Crippen LogP contribution in [-0.2, 0) is 4.79 Å². The normalized spacial score (nSPS) is 10.1. The van der Waals surface area contributed by atoms with Crippen LogP contribution in [0.5, 0.6) is 0 Å². The molecule has 0 aliphatic rings. The van der Waals surface area contributed by atoms with Crippen LogP contribution in [0, 0.1) is 0 Å². The first-order valence-corrected chi connectivity index (χ1v) is 1.77. The molecule has 56 valence electrons. The molecule has 0 bridgehead atoms. The minimum Gasteiger partial charge on any atom is -0.369 e. The standard InChI is InChI=1S/C3H4F3NO.BrH/c4-3(5,6)1-2(7)8;/h1H2,(H2,7,8);1H. The molecule has 6 heteroatoms. The van der Waals surface area contributed by atoms with Crippen LogP contribution in [0.1, 0.15) is 6.42 Å². The van der Waals surface area contributed by atoms with E-state index in [9.17, 15) is 18.0 Å². The number of alkyl halides is 3. The predicted molar refractivity (Wildman–Crippen MR) is 30.2 cm³/mol. The molecule has 0 atom stereocenters. The molecule has 2 nitrogen and oxygen atoms in total. The van der Waals surface area contributed by atoms with Crippen LogP contribution in [0.15, 0.2) is 0 Å². The number of rotatable bonds is 1. The molecule has 2 N–H and O–H groups in total. The molecule has 0 aliphatic carbocycles. The zero-order valence-electron chi connectivity index (χ0n) is 4.23. The Kier molecular flexibility index (Phi) is 4.75. The van der Waals surface area contributed by atoms with Gasteiger partial charge >= 0.3 is 6.18 Å². The van der Waals surface area contributed by atoms with Gasteiger partial charge in [0.2, 0.25) is 5.91 Å². The Morgan fingerprint density at radius 2 is 1.78 bits per heavy atom. The Morgan fingerprint density at radius 1 is 1.44 bits per heavy atom. The molecule has 0 aromatic carbocycles. The van der Waals surface area contributed by atoms with Crippen LogP contribution in [0.25, 0.3) is 0 Å². The van der Waals surface area contributed by atoms with E-state index < -0.39 is 18.5 Å². The fourth-order valence-corrected chi connectivity index (χ4v) is 0.198. The second kappa shape index (κ2) is 3.71. The molecule has 0 rings (SSSR count). The Bertz CT molecular complexity index is 102. The summed E-state index contributed by atoms with van der Waals surface area (Å²) in [5.41, 5.74) is 4.22. The van der Waals surface area contributed by atoms with Gasteiger partial charge in [0.15, 0.2) is 0 Å². The van der Waals surface area contributed by atoms with E-state index in [2.05, 4.69) is 5.73 Å². The fraction of sp³-hybridized carbons (Fsp3) is 0.667. The van der Waals surface area contributed by atoms with Gasteiger partial charge in [-0.15, -0.1) is 17.0 Å². The van der Waals surface area contributed by atoms with E-state index in [-0.39, 0.29) is 17.0 Å². The lowest BCUT2D eigenvalue weighted by Gasteiger charge is -1.99. The summed E-state index contributed by atoms with van der Waals surface area (Å²) in [6, 6.07) is 0. The quantitative estimate of drug-likeness (QED) is 0.686. The molecular formula is C3H5BrF3NO. The molecule has 0 aromatic rings. The Hall–Kier alpha value is -0.260. The molecule has 0 heterocycles. The molecule has 0 unspecified atom stereocenters. The number of hydrogen-bond acceptors (Lipinski definition) is 1. The molecule has 0 aromatic heterocycles. The summed E-state index contributed by atoms with van der Waals surface area (Å²) in [6.07, 6.45) is -5.99. The van der Waals surface area contributed by atoms with Crippen molar-refractivity contribution in [2.24, 2.45) is 5.73 Å². The topological polar surface area (TPSA) is 43.1 Å². The summed E-state index contributed by atoms with van der Waals surface area (Å²) < 4.78 is 33.0. The third kappa shape index (κ3) is 11.4. The predicted octanol–water partition coefficient (Wildman–Crippen LogP) is 1.00. The molecule has 0 fully saturated rings. The molecule has 0 saturated carbocycles. The van der Waals surface area contributed by atoms with Crippen molar-refractivity contribution in [3.63, 3.8) is 0 Å². The van der Waals surface area contributed by atoms with E-state index in [1.165, 1.54) is 0 Å². The summed E-state index contributed by atoms with van der Waals surface area (Å²) in [5, 5.41) is 0. The van der Waals surface area contributed by atoms with E-state index in [0.29, 0.717) is 0 Å². The average Bonchev–Trinajstić information content (AvgIpc) is 1.21. The highest BCUT2D eigenvalue weighted by atomic mass is 79.9. The fourth-order valence-electron chi connectivity index (χ4n) is 0.198. The van der Waals surface area contributed by atoms with Gasteiger partial charge in [0, 0.05) is 0 Å². The van der Waals surface area contributed by atoms with Gasteiger partial charge in [0.1, 0.15) is 6.42 Å². The Morgan fingerprint density at radius 3 is 1.78 bits per heavy atom. The maximum atomic E-state index is 11.0. The van der Waals surface area contributed by atoms with Crippen molar-refractivity contribution < 1.29 is 18.0 Å². The SMILES string of the molecule is Br.NC(=O)CC(F)(F)F. The smallest absolute Gasteiger partial charge is 0.369 e. The largest absolute Gasteiger partial charge is 0.397 e. The lowest BCUT2D eigenvalue weighted by molar-refractivity contribution is -0.151. The van der Waals surface area contributed by atoms with Gasteiger partial charge < -0.3 is 5.73 Å². The van der Waals surface area contributed by atoms with E-state index >= 15 is 0 Å². The number of carbonyl (C=O) groups excluding carboxylic acids is 1. The van der Waals surface area contributed by atoms with Crippen LogP contribution in [-0.4, -0.2) is 12.1 Å². The summed E-state index contributed by atoms with van der Waals surface area (Å²) >= 11 is 0. The van der Waals surface area contributed by atoms with E-state index in [1.807, 2.05) is 0 Å². The molecule has 0 spiro atoms.